The van der Waals surface area contributed by atoms with Gasteiger partial charge in [-0.1, -0.05) is 13.0 Å². The predicted octanol–water partition coefficient (Wildman–Crippen LogP) is 3.12. The number of hydrogen-bond donors (Lipinski definition) is 1. The SMILES string of the molecule is CCC(Oc1ccc(C)c(C)c1)C(=O)Nc1ccc(S(=O)(=O)N2CCOCC2)cc1. The van der Waals surface area contributed by atoms with Gasteiger partial charge < -0.3 is 14.8 Å². The molecule has 1 aliphatic rings. The fourth-order valence-electron chi connectivity index (χ4n) is 3.14. The lowest BCUT2D eigenvalue weighted by molar-refractivity contribution is -0.122. The zero-order chi connectivity index (χ0) is 21.7. The fourth-order valence-corrected chi connectivity index (χ4v) is 4.55. The zero-order valence-corrected chi connectivity index (χ0v) is 18.4. The summed E-state index contributed by atoms with van der Waals surface area (Å²) in [4.78, 5) is 12.8. The molecule has 3 rings (SSSR count). The minimum Gasteiger partial charge on any atom is -0.481 e. The smallest absolute Gasteiger partial charge is 0.265 e. The Morgan fingerprint density at radius 3 is 2.37 bits per heavy atom. The molecular weight excluding hydrogens is 404 g/mol. The van der Waals surface area contributed by atoms with Crippen LogP contribution in [0.3, 0.4) is 0 Å². The molecule has 1 aliphatic heterocycles. The Morgan fingerprint density at radius 1 is 1.10 bits per heavy atom. The van der Waals surface area contributed by atoms with Gasteiger partial charge in [0.2, 0.25) is 10.0 Å². The fraction of sp³-hybridized carbons (Fsp3) is 0.409. The molecule has 1 fully saturated rings. The van der Waals surface area contributed by atoms with Gasteiger partial charge in [0.05, 0.1) is 18.1 Å². The quantitative estimate of drug-likeness (QED) is 0.727. The van der Waals surface area contributed by atoms with E-state index in [1.165, 1.54) is 16.4 Å². The molecule has 0 saturated carbocycles. The van der Waals surface area contributed by atoms with Crippen molar-refractivity contribution in [1.82, 2.24) is 4.31 Å². The zero-order valence-electron chi connectivity index (χ0n) is 17.6. The molecule has 1 unspecified atom stereocenters. The van der Waals surface area contributed by atoms with Crippen LogP contribution in [-0.4, -0.2) is 51.0 Å². The number of ether oxygens (including phenoxy) is 2. The number of nitrogens with zero attached hydrogens (tertiary/aromatic N) is 1. The Morgan fingerprint density at radius 2 is 1.77 bits per heavy atom. The van der Waals surface area contributed by atoms with Crippen LogP contribution >= 0.6 is 0 Å². The second kappa shape index (κ2) is 9.59. The number of carbonyl (C=O) groups is 1. The molecule has 162 valence electrons. The van der Waals surface area contributed by atoms with Gasteiger partial charge >= 0.3 is 0 Å². The minimum atomic E-state index is -3.56. The molecule has 7 nitrogen and oxygen atoms in total. The van der Waals surface area contributed by atoms with Gasteiger partial charge in [-0.2, -0.15) is 4.31 Å². The van der Waals surface area contributed by atoms with Crippen molar-refractivity contribution >= 4 is 21.6 Å². The lowest BCUT2D eigenvalue weighted by Crippen LogP contribution is -2.40. The van der Waals surface area contributed by atoms with Gasteiger partial charge in [0.15, 0.2) is 6.10 Å². The van der Waals surface area contributed by atoms with Crippen molar-refractivity contribution in [3.8, 4) is 5.75 Å². The van der Waals surface area contributed by atoms with E-state index in [-0.39, 0.29) is 10.8 Å². The number of amides is 1. The third-order valence-electron chi connectivity index (χ3n) is 5.15. The van der Waals surface area contributed by atoms with Gasteiger partial charge in [-0.05, 0) is 67.8 Å². The minimum absolute atomic E-state index is 0.195. The Bertz CT molecular complexity index is 983. The number of nitrogens with one attached hydrogen (secondary N) is 1. The van der Waals surface area contributed by atoms with E-state index in [1.807, 2.05) is 39.0 Å². The molecule has 1 N–H and O–H groups in total. The van der Waals surface area contributed by atoms with Crippen molar-refractivity contribution in [2.75, 3.05) is 31.6 Å². The summed E-state index contributed by atoms with van der Waals surface area (Å²) in [5.74, 6) is 0.367. The first kappa shape index (κ1) is 22.3. The number of sulfonamides is 1. The van der Waals surface area contributed by atoms with E-state index in [0.717, 1.165) is 11.1 Å². The molecule has 30 heavy (non-hydrogen) atoms. The highest BCUT2D eigenvalue weighted by Gasteiger charge is 2.26. The van der Waals surface area contributed by atoms with Crippen molar-refractivity contribution in [2.24, 2.45) is 0 Å². The van der Waals surface area contributed by atoms with E-state index in [9.17, 15) is 13.2 Å². The monoisotopic (exact) mass is 432 g/mol. The van der Waals surface area contributed by atoms with Crippen LogP contribution in [0.15, 0.2) is 47.4 Å². The molecule has 8 heteroatoms. The number of rotatable bonds is 7. The summed E-state index contributed by atoms with van der Waals surface area (Å²) < 4.78 is 37.9. The summed E-state index contributed by atoms with van der Waals surface area (Å²) in [6.45, 7) is 7.37. The van der Waals surface area contributed by atoms with E-state index in [1.54, 1.807) is 12.1 Å². The molecule has 2 aromatic rings. The van der Waals surface area contributed by atoms with E-state index in [2.05, 4.69) is 5.32 Å². The molecule has 1 saturated heterocycles. The van der Waals surface area contributed by atoms with Crippen molar-refractivity contribution < 1.29 is 22.7 Å². The molecule has 0 radical (unpaired) electrons. The van der Waals surface area contributed by atoms with Crippen LogP contribution < -0.4 is 10.1 Å². The second-order valence-corrected chi connectivity index (χ2v) is 9.23. The van der Waals surface area contributed by atoms with Gasteiger partial charge in [0.25, 0.3) is 5.91 Å². The Labute approximate surface area is 178 Å². The molecule has 1 atom stereocenters. The molecule has 0 aliphatic carbocycles. The maximum atomic E-state index is 12.7. The standard InChI is InChI=1S/C22H28N2O5S/c1-4-21(29-19-8-5-16(2)17(3)15-19)22(25)23-18-6-9-20(10-7-18)30(26,27)24-11-13-28-14-12-24/h5-10,15,21H,4,11-14H2,1-3H3,(H,23,25). The highest BCUT2D eigenvalue weighted by Crippen LogP contribution is 2.21. The lowest BCUT2D eigenvalue weighted by Gasteiger charge is -2.26. The molecule has 0 spiro atoms. The number of morpholine rings is 1. The van der Waals surface area contributed by atoms with Gasteiger partial charge in [-0.3, -0.25) is 4.79 Å². The Balaban J connectivity index is 1.66. The molecule has 2 aromatic carbocycles. The van der Waals surface area contributed by atoms with Crippen molar-refractivity contribution in [2.45, 2.75) is 38.2 Å². The number of anilines is 1. The summed E-state index contributed by atoms with van der Waals surface area (Å²) >= 11 is 0. The first-order chi connectivity index (χ1) is 14.3. The van der Waals surface area contributed by atoms with Crippen LogP contribution in [-0.2, 0) is 19.6 Å². The molecular formula is C22H28N2O5S. The first-order valence-electron chi connectivity index (χ1n) is 10.0. The lowest BCUT2D eigenvalue weighted by atomic mass is 10.1. The highest BCUT2D eigenvalue weighted by atomic mass is 32.2. The molecule has 1 heterocycles. The number of aryl methyl sites for hydroxylation is 2. The van der Waals surface area contributed by atoms with Crippen molar-refractivity contribution in [3.05, 3.63) is 53.6 Å². The first-order valence-corrected chi connectivity index (χ1v) is 11.5. The van der Waals surface area contributed by atoms with E-state index >= 15 is 0 Å². The third-order valence-corrected chi connectivity index (χ3v) is 7.06. The molecule has 0 bridgehead atoms. The number of hydrogen-bond acceptors (Lipinski definition) is 5. The summed E-state index contributed by atoms with van der Waals surface area (Å²) in [5.41, 5.74) is 2.77. The van der Waals surface area contributed by atoms with Crippen LogP contribution in [0.4, 0.5) is 5.69 Å². The average molecular weight is 433 g/mol. The van der Waals surface area contributed by atoms with Crippen LogP contribution in [0, 0.1) is 13.8 Å². The van der Waals surface area contributed by atoms with Crippen LogP contribution in [0.1, 0.15) is 24.5 Å². The predicted molar refractivity (Wildman–Crippen MR) is 115 cm³/mol. The van der Waals surface area contributed by atoms with E-state index in [4.69, 9.17) is 9.47 Å². The summed E-state index contributed by atoms with van der Waals surface area (Å²) in [6.07, 6.45) is -0.147. The summed E-state index contributed by atoms with van der Waals surface area (Å²) in [7, 11) is -3.56. The number of carbonyl (C=O) groups excluding carboxylic acids is 1. The molecule has 1 amide bonds. The molecule has 0 aromatic heterocycles. The van der Waals surface area contributed by atoms with Crippen LogP contribution in [0.2, 0.25) is 0 Å². The maximum absolute atomic E-state index is 12.7. The average Bonchev–Trinajstić information content (AvgIpc) is 2.75. The van der Waals surface area contributed by atoms with Gasteiger partial charge in [0.1, 0.15) is 5.75 Å². The van der Waals surface area contributed by atoms with Gasteiger partial charge in [-0.15, -0.1) is 0 Å². The van der Waals surface area contributed by atoms with E-state index < -0.39 is 16.1 Å². The summed E-state index contributed by atoms with van der Waals surface area (Å²) in [5, 5.41) is 2.81. The highest BCUT2D eigenvalue weighted by molar-refractivity contribution is 7.89. The van der Waals surface area contributed by atoms with Crippen LogP contribution in [0.5, 0.6) is 5.75 Å². The van der Waals surface area contributed by atoms with Crippen molar-refractivity contribution in [1.29, 1.82) is 0 Å². The van der Waals surface area contributed by atoms with Crippen LogP contribution in [0.25, 0.3) is 0 Å². The maximum Gasteiger partial charge on any atom is 0.265 e. The Hall–Kier alpha value is -2.42. The third kappa shape index (κ3) is 5.19. The normalized spacial score (nSPS) is 16.1. The number of benzene rings is 2. The Kier molecular flexibility index (Phi) is 7.12. The second-order valence-electron chi connectivity index (χ2n) is 7.29. The van der Waals surface area contributed by atoms with Gasteiger partial charge in [0, 0.05) is 18.8 Å². The summed E-state index contributed by atoms with van der Waals surface area (Å²) in [6, 6.07) is 11.9. The van der Waals surface area contributed by atoms with Crippen molar-refractivity contribution in [3.63, 3.8) is 0 Å². The van der Waals surface area contributed by atoms with Gasteiger partial charge in [-0.25, -0.2) is 8.42 Å². The van der Waals surface area contributed by atoms with E-state index in [0.29, 0.717) is 44.2 Å². The largest absolute Gasteiger partial charge is 0.481 e. The topological polar surface area (TPSA) is 84.9 Å².